The highest BCUT2D eigenvalue weighted by Gasteiger charge is 2.13. The van der Waals surface area contributed by atoms with E-state index in [1.165, 1.54) is 0 Å². The van der Waals surface area contributed by atoms with Crippen molar-refractivity contribution in [1.82, 2.24) is 4.98 Å². The molecule has 0 saturated heterocycles. The molecule has 5 nitrogen and oxygen atoms in total. The first-order valence-electron chi connectivity index (χ1n) is 7.63. The first kappa shape index (κ1) is 15.7. The van der Waals surface area contributed by atoms with E-state index in [-0.39, 0.29) is 11.7 Å². The van der Waals surface area contributed by atoms with Gasteiger partial charge < -0.3 is 14.2 Å². The van der Waals surface area contributed by atoms with Crippen LogP contribution >= 0.6 is 15.9 Å². The number of nitrogens with one attached hydrogen (secondary N) is 1. The number of hydrogen-bond acceptors (Lipinski definition) is 4. The third-order valence-electron chi connectivity index (χ3n) is 3.71. The lowest BCUT2D eigenvalue weighted by Crippen LogP contribution is -2.10. The minimum Gasteiger partial charge on any atom is -0.444 e. The topological polar surface area (TPSA) is 68.3 Å². The van der Waals surface area contributed by atoms with E-state index in [4.69, 9.17) is 8.83 Å². The normalized spacial score (nSPS) is 11.0. The van der Waals surface area contributed by atoms with E-state index in [1.54, 1.807) is 24.3 Å². The Kier molecular flexibility index (Phi) is 3.89. The number of hydrogen-bond donors (Lipinski definition) is 1. The van der Waals surface area contributed by atoms with E-state index in [2.05, 4.69) is 26.2 Å². The molecule has 2 aromatic carbocycles. The van der Waals surface area contributed by atoms with Gasteiger partial charge in [0.2, 0.25) is 5.89 Å². The van der Waals surface area contributed by atoms with Gasteiger partial charge in [-0.2, -0.15) is 0 Å². The highest BCUT2D eigenvalue weighted by Crippen LogP contribution is 2.27. The maximum atomic E-state index is 12.2. The SMILES string of the molecule is Cc1cccc(-c2nc3ccc(NC(=O)c4ccc(Br)o4)cc3o2)c1. The molecule has 4 aromatic rings. The predicted molar refractivity (Wildman–Crippen MR) is 98.5 cm³/mol. The van der Waals surface area contributed by atoms with E-state index in [9.17, 15) is 4.79 Å². The van der Waals surface area contributed by atoms with Crippen LogP contribution < -0.4 is 5.32 Å². The fourth-order valence-electron chi connectivity index (χ4n) is 2.53. The van der Waals surface area contributed by atoms with E-state index in [1.807, 2.05) is 37.3 Å². The molecule has 0 aliphatic rings. The molecule has 25 heavy (non-hydrogen) atoms. The average molecular weight is 397 g/mol. The van der Waals surface area contributed by atoms with E-state index >= 15 is 0 Å². The second kappa shape index (κ2) is 6.22. The summed E-state index contributed by atoms with van der Waals surface area (Å²) in [6, 6.07) is 16.6. The Hall–Kier alpha value is -2.86. The van der Waals surface area contributed by atoms with Crippen molar-refractivity contribution in [2.45, 2.75) is 6.92 Å². The molecule has 0 saturated carbocycles. The number of aryl methyl sites for hydroxylation is 1. The van der Waals surface area contributed by atoms with E-state index in [0.29, 0.717) is 21.8 Å². The summed E-state index contributed by atoms with van der Waals surface area (Å²) in [4.78, 5) is 16.7. The summed E-state index contributed by atoms with van der Waals surface area (Å²) in [5.41, 5.74) is 4.00. The summed E-state index contributed by atoms with van der Waals surface area (Å²) < 4.78 is 11.6. The zero-order valence-electron chi connectivity index (χ0n) is 13.2. The number of amides is 1. The number of halogens is 1. The maximum Gasteiger partial charge on any atom is 0.291 e. The molecule has 0 radical (unpaired) electrons. The van der Waals surface area contributed by atoms with Crippen LogP contribution in [0.3, 0.4) is 0 Å². The van der Waals surface area contributed by atoms with Gasteiger partial charge in [-0.15, -0.1) is 0 Å². The lowest BCUT2D eigenvalue weighted by atomic mass is 10.1. The lowest BCUT2D eigenvalue weighted by Gasteiger charge is -2.02. The van der Waals surface area contributed by atoms with Crippen LogP contribution in [0.15, 0.2) is 68.1 Å². The summed E-state index contributed by atoms with van der Waals surface area (Å²) in [5.74, 6) is 0.450. The van der Waals surface area contributed by atoms with Gasteiger partial charge in [0, 0.05) is 17.3 Å². The zero-order chi connectivity index (χ0) is 17.4. The van der Waals surface area contributed by atoms with Crippen LogP contribution in [0, 0.1) is 6.92 Å². The number of carbonyl (C=O) groups excluding carboxylic acids is 1. The van der Waals surface area contributed by atoms with E-state index in [0.717, 1.165) is 16.6 Å². The number of carbonyl (C=O) groups is 1. The molecular formula is C19H13BrN2O3. The molecule has 2 aromatic heterocycles. The maximum absolute atomic E-state index is 12.2. The molecule has 0 fully saturated rings. The number of benzene rings is 2. The van der Waals surface area contributed by atoms with Crippen molar-refractivity contribution in [1.29, 1.82) is 0 Å². The van der Waals surface area contributed by atoms with Gasteiger partial charge >= 0.3 is 0 Å². The fraction of sp³-hybridized carbons (Fsp3) is 0.0526. The monoisotopic (exact) mass is 396 g/mol. The summed E-state index contributed by atoms with van der Waals surface area (Å²) in [7, 11) is 0. The van der Waals surface area contributed by atoms with Crippen molar-refractivity contribution >= 4 is 38.6 Å². The van der Waals surface area contributed by atoms with Gasteiger partial charge in [-0.25, -0.2) is 4.98 Å². The minimum absolute atomic E-state index is 0.227. The van der Waals surface area contributed by atoms with Crippen molar-refractivity contribution < 1.29 is 13.6 Å². The molecule has 0 aliphatic heterocycles. The molecule has 0 spiro atoms. The van der Waals surface area contributed by atoms with Gasteiger partial charge in [0.15, 0.2) is 16.0 Å². The Morgan fingerprint density at radius 2 is 1.96 bits per heavy atom. The second-order valence-corrected chi connectivity index (χ2v) is 6.41. The zero-order valence-corrected chi connectivity index (χ0v) is 14.8. The molecule has 2 heterocycles. The molecule has 6 heteroatoms. The highest BCUT2D eigenvalue weighted by atomic mass is 79.9. The molecule has 1 amide bonds. The summed E-state index contributed by atoms with van der Waals surface area (Å²) in [6.07, 6.45) is 0. The van der Waals surface area contributed by atoms with E-state index < -0.39 is 0 Å². The van der Waals surface area contributed by atoms with Crippen LogP contribution in [0.5, 0.6) is 0 Å². The van der Waals surface area contributed by atoms with Crippen molar-refractivity contribution in [3.05, 3.63) is 70.6 Å². The number of aromatic nitrogens is 1. The van der Waals surface area contributed by atoms with Gasteiger partial charge in [0.1, 0.15) is 5.52 Å². The number of nitrogens with zero attached hydrogens (tertiary/aromatic N) is 1. The van der Waals surface area contributed by atoms with Crippen molar-refractivity contribution in [3.63, 3.8) is 0 Å². The van der Waals surface area contributed by atoms with Crippen LogP contribution in [0.1, 0.15) is 16.1 Å². The van der Waals surface area contributed by atoms with Crippen LogP contribution in [0.4, 0.5) is 5.69 Å². The summed E-state index contributed by atoms with van der Waals surface area (Å²) in [6.45, 7) is 2.02. The summed E-state index contributed by atoms with van der Waals surface area (Å²) >= 11 is 3.18. The van der Waals surface area contributed by atoms with Crippen LogP contribution in [-0.2, 0) is 0 Å². The van der Waals surface area contributed by atoms with Gasteiger partial charge in [-0.3, -0.25) is 4.79 Å². The quantitative estimate of drug-likeness (QED) is 0.502. The Bertz CT molecular complexity index is 1080. The van der Waals surface area contributed by atoms with Gasteiger partial charge in [0.05, 0.1) is 0 Å². The Morgan fingerprint density at radius 3 is 2.72 bits per heavy atom. The van der Waals surface area contributed by atoms with Gasteiger partial charge in [-0.1, -0.05) is 17.7 Å². The minimum atomic E-state index is -0.330. The average Bonchev–Trinajstić information content (AvgIpc) is 3.20. The number of furan rings is 1. The summed E-state index contributed by atoms with van der Waals surface area (Å²) in [5, 5.41) is 2.78. The molecule has 4 rings (SSSR count). The van der Waals surface area contributed by atoms with Gasteiger partial charge in [-0.05, 0) is 59.3 Å². The Balaban J connectivity index is 1.63. The van der Waals surface area contributed by atoms with Crippen LogP contribution in [-0.4, -0.2) is 10.9 Å². The third-order valence-corrected chi connectivity index (χ3v) is 4.13. The number of anilines is 1. The van der Waals surface area contributed by atoms with Crippen molar-refractivity contribution in [2.75, 3.05) is 5.32 Å². The van der Waals surface area contributed by atoms with Crippen LogP contribution in [0.2, 0.25) is 0 Å². The predicted octanol–water partition coefficient (Wildman–Crippen LogP) is 5.41. The standard InChI is InChI=1S/C19H13BrN2O3/c1-11-3-2-4-12(9-11)19-22-14-6-5-13(10-16(14)25-19)21-18(23)15-7-8-17(20)24-15/h2-10H,1H3,(H,21,23). The number of rotatable bonds is 3. The first-order chi connectivity index (χ1) is 12.1. The van der Waals surface area contributed by atoms with Crippen molar-refractivity contribution in [3.8, 4) is 11.5 Å². The lowest BCUT2D eigenvalue weighted by molar-refractivity contribution is 0.0995. The first-order valence-corrected chi connectivity index (χ1v) is 8.42. The number of fused-ring (bicyclic) bond motifs is 1. The Morgan fingerprint density at radius 1 is 1.08 bits per heavy atom. The largest absolute Gasteiger partial charge is 0.444 e. The highest BCUT2D eigenvalue weighted by molar-refractivity contribution is 9.10. The molecule has 0 unspecified atom stereocenters. The number of oxazole rings is 1. The molecule has 0 bridgehead atoms. The molecule has 0 atom stereocenters. The molecule has 1 N–H and O–H groups in total. The molecular weight excluding hydrogens is 384 g/mol. The van der Waals surface area contributed by atoms with Gasteiger partial charge in [0.25, 0.3) is 5.91 Å². The van der Waals surface area contributed by atoms with Crippen molar-refractivity contribution in [2.24, 2.45) is 0 Å². The van der Waals surface area contributed by atoms with Crippen LogP contribution in [0.25, 0.3) is 22.6 Å². The molecule has 124 valence electrons. The molecule has 0 aliphatic carbocycles. The second-order valence-electron chi connectivity index (χ2n) is 5.63. The fourth-order valence-corrected chi connectivity index (χ4v) is 2.84. The smallest absolute Gasteiger partial charge is 0.291 e. The third kappa shape index (κ3) is 3.21. The Labute approximate surface area is 151 Å².